The normalized spacial score (nSPS) is 15.2. The molecular formula is C22H20F2N4O4S. The first-order chi connectivity index (χ1) is 15.9. The van der Waals surface area contributed by atoms with Gasteiger partial charge in [-0.2, -0.15) is 5.10 Å². The van der Waals surface area contributed by atoms with Gasteiger partial charge in [0.15, 0.2) is 21.5 Å². The van der Waals surface area contributed by atoms with Crippen LogP contribution in [-0.4, -0.2) is 49.2 Å². The third kappa shape index (κ3) is 3.76. The number of aromatic amines is 1. The van der Waals surface area contributed by atoms with Gasteiger partial charge in [-0.25, -0.2) is 17.2 Å². The van der Waals surface area contributed by atoms with Crippen molar-refractivity contribution in [3.63, 3.8) is 0 Å². The SMILES string of the molecule is COc1cc2nccc(Nc3n[nH]c4c(F)cc(F)cc34)c2cc1S(=O)(=O)C1CCOCC1. The number of methoxy groups -OCH3 is 1. The molecule has 1 aliphatic heterocycles. The van der Waals surface area contributed by atoms with Crippen LogP contribution in [0.1, 0.15) is 12.8 Å². The Morgan fingerprint density at radius 2 is 1.94 bits per heavy atom. The summed E-state index contributed by atoms with van der Waals surface area (Å²) in [5, 5.41) is 9.80. The fraction of sp³-hybridized carbons (Fsp3) is 0.273. The second kappa shape index (κ2) is 8.23. The maximum atomic E-state index is 14.1. The average molecular weight is 474 g/mol. The van der Waals surface area contributed by atoms with Crippen LogP contribution in [0.2, 0.25) is 0 Å². The van der Waals surface area contributed by atoms with E-state index >= 15 is 0 Å². The Morgan fingerprint density at radius 3 is 2.70 bits per heavy atom. The Morgan fingerprint density at radius 1 is 1.15 bits per heavy atom. The van der Waals surface area contributed by atoms with Crippen molar-refractivity contribution in [3.05, 3.63) is 48.2 Å². The van der Waals surface area contributed by atoms with Crippen LogP contribution in [0.15, 0.2) is 41.4 Å². The molecule has 0 spiro atoms. The van der Waals surface area contributed by atoms with Crippen molar-refractivity contribution in [1.82, 2.24) is 15.2 Å². The molecular weight excluding hydrogens is 454 g/mol. The molecule has 172 valence electrons. The van der Waals surface area contributed by atoms with Gasteiger partial charge >= 0.3 is 0 Å². The van der Waals surface area contributed by atoms with Gasteiger partial charge in [0, 0.05) is 42.3 Å². The van der Waals surface area contributed by atoms with Crippen molar-refractivity contribution >= 4 is 43.1 Å². The number of aromatic nitrogens is 3. The highest BCUT2D eigenvalue weighted by Gasteiger charge is 2.32. The highest BCUT2D eigenvalue weighted by Crippen LogP contribution is 2.37. The molecule has 3 heterocycles. The summed E-state index contributed by atoms with van der Waals surface area (Å²) in [6, 6.07) is 6.65. The predicted molar refractivity (Wildman–Crippen MR) is 119 cm³/mol. The van der Waals surface area contributed by atoms with Crippen LogP contribution in [-0.2, 0) is 14.6 Å². The molecule has 8 nitrogen and oxygen atoms in total. The van der Waals surface area contributed by atoms with Crippen molar-refractivity contribution in [3.8, 4) is 5.75 Å². The number of hydrogen-bond acceptors (Lipinski definition) is 7. The largest absolute Gasteiger partial charge is 0.495 e. The number of nitrogens with one attached hydrogen (secondary N) is 2. The number of benzene rings is 2. The monoisotopic (exact) mass is 474 g/mol. The molecule has 2 N–H and O–H groups in total. The first kappa shape index (κ1) is 21.5. The number of ether oxygens (including phenoxy) is 2. The number of sulfone groups is 1. The van der Waals surface area contributed by atoms with Crippen LogP contribution in [0.25, 0.3) is 21.8 Å². The number of hydrogen-bond donors (Lipinski definition) is 2. The third-order valence-electron chi connectivity index (χ3n) is 5.78. The molecule has 5 rings (SSSR count). The average Bonchev–Trinajstić information content (AvgIpc) is 3.21. The second-order valence-electron chi connectivity index (χ2n) is 7.74. The zero-order valence-corrected chi connectivity index (χ0v) is 18.4. The summed E-state index contributed by atoms with van der Waals surface area (Å²) in [7, 11) is -2.29. The van der Waals surface area contributed by atoms with Gasteiger partial charge in [0.1, 0.15) is 22.0 Å². The molecule has 1 saturated heterocycles. The minimum Gasteiger partial charge on any atom is -0.495 e. The molecule has 1 fully saturated rings. The van der Waals surface area contributed by atoms with E-state index in [1.165, 1.54) is 19.4 Å². The van der Waals surface area contributed by atoms with Crippen LogP contribution < -0.4 is 10.1 Å². The van der Waals surface area contributed by atoms with E-state index in [0.29, 0.717) is 42.6 Å². The van der Waals surface area contributed by atoms with Gasteiger partial charge in [-0.05, 0) is 31.0 Å². The summed E-state index contributed by atoms with van der Waals surface area (Å²) < 4.78 is 65.4. The summed E-state index contributed by atoms with van der Waals surface area (Å²) in [6.45, 7) is 0.765. The quantitative estimate of drug-likeness (QED) is 0.449. The van der Waals surface area contributed by atoms with E-state index in [0.717, 1.165) is 12.1 Å². The molecule has 4 aromatic rings. The van der Waals surface area contributed by atoms with E-state index in [-0.39, 0.29) is 27.4 Å². The summed E-state index contributed by atoms with van der Waals surface area (Å²) in [5.74, 6) is -1.10. The van der Waals surface area contributed by atoms with Gasteiger partial charge in [0.05, 0.1) is 23.6 Å². The molecule has 0 unspecified atom stereocenters. The summed E-state index contributed by atoms with van der Waals surface area (Å²) in [5.41, 5.74) is 1.02. The highest BCUT2D eigenvalue weighted by molar-refractivity contribution is 7.92. The number of H-pyrrole nitrogens is 1. The lowest BCUT2D eigenvalue weighted by atomic mass is 10.1. The molecule has 11 heteroatoms. The zero-order chi connectivity index (χ0) is 23.2. The molecule has 1 aliphatic rings. The maximum Gasteiger partial charge on any atom is 0.185 e. The first-order valence-corrected chi connectivity index (χ1v) is 11.8. The van der Waals surface area contributed by atoms with Crippen LogP contribution in [0.3, 0.4) is 0 Å². The van der Waals surface area contributed by atoms with E-state index in [4.69, 9.17) is 9.47 Å². The molecule has 0 saturated carbocycles. The van der Waals surface area contributed by atoms with Crippen LogP contribution in [0.5, 0.6) is 5.75 Å². The lowest BCUT2D eigenvalue weighted by molar-refractivity contribution is 0.0983. The Bertz CT molecular complexity index is 1470. The molecule has 0 atom stereocenters. The van der Waals surface area contributed by atoms with E-state index in [1.54, 1.807) is 12.1 Å². The van der Waals surface area contributed by atoms with Crippen molar-refractivity contribution < 1.29 is 26.7 Å². The fourth-order valence-electron chi connectivity index (χ4n) is 4.08. The topological polar surface area (TPSA) is 106 Å². The van der Waals surface area contributed by atoms with Gasteiger partial charge < -0.3 is 14.8 Å². The maximum absolute atomic E-state index is 14.1. The van der Waals surface area contributed by atoms with Crippen LogP contribution in [0.4, 0.5) is 20.3 Å². The van der Waals surface area contributed by atoms with Gasteiger partial charge in [-0.15, -0.1) is 0 Å². The van der Waals surface area contributed by atoms with Gasteiger partial charge in [0.2, 0.25) is 0 Å². The fourth-order valence-corrected chi connectivity index (χ4v) is 5.96. The molecule has 2 aromatic heterocycles. The van der Waals surface area contributed by atoms with Crippen molar-refractivity contribution in [2.75, 3.05) is 25.6 Å². The first-order valence-electron chi connectivity index (χ1n) is 10.3. The molecule has 0 amide bonds. The Hall–Kier alpha value is -3.31. The Balaban J connectivity index is 1.63. The third-order valence-corrected chi connectivity index (χ3v) is 8.06. The molecule has 0 bridgehead atoms. The van der Waals surface area contributed by atoms with Crippen molar-refractivity contribution in [2.24, 2.45) is 0 Å². The Kier molecular flexibility index (Phi) is 5.37. The number of pyridine rings is 1. The number of fused-ring (bicyclic) bond motifs is 2. The second-order valence-corrected chi connectivity index (χ2v) is 9.94. The summed E-state index contributed by atoms with van der Waals surface area (Å²) >= 11 is 0. The van der Waals surface area contributed by atoms with E-state index in [1.807, 2.05) is 0 Å². The van der Waals surface area contributed by atoms with Crippen molar-refractivity contribution in [1.29, 1.82) is 0 Å². The molecule has 2 aromatic carbocycles. The van der Waals surface area contributed by atoms with Crippen LogP contribution in [0, 0.1) is 11.6 Å². The van der Waals surface area contributed by atoms with E-state index < -0.39 is 26.7 Å². The summed E-state index contributed by atoms with van der Waals surface area (Å²) in [6.07, 6.45) is 2.34. The summed E-state index contributed by atoms with van der Waals surface area (Å²) in [4.78, 5) is 4.38. The lowest BCUT2D eigenvalue weighted by Crippen LogP contribution is -2.29. The Labute approximate surface area is 187 Å². The smallest absolute Gasteiger partial charge is 0.185 e. The lowest BCUT2D eigenvalue weighted by Gasteiger charge is -2.23. The predicted octanol–water partition coefficient (Wildman–Crippen LogP) is 4.09. The zero-order valence-electron chi connectivity index (χ0n) is 17.6. The standard InChI is InChI=1S/C22H20F2N4O4S/c1-31-19-11-18-14(10-20(19)33(29,30)13-3-6-32-7-4-13)17(2-5-25-18)26-22-15-8-12(23)9-16(24)21(15)27-28-22/h2,5,8-11,13H,3-4,6-7H2,1H3,(H2,25,26,27,28). The number of rotatable bonds is 5. The molecule has 0 radical (unpaired) electrons. The molecule has 33 heavy (non-hydrogen) atoms. The van der Waals surface area contributed by atoms with E-state index in [9.17, 15) is 17.2 Å². The number of halogens is 2. The molecule has 0 aliphatic carbocycles. The number of nitrogens with zero attached hydrogens (tertiary/aromatic N) is 2. The van der Waals surface area contributed by atoms with Gasteiger partial charge in [0.25, 0.3) is 0 Å². The van der Waals surface area contributed by atoms with Crippen LogP contribution >= 0.6 is 0 Å². The minimum absolute atomic E-state index is 0.0571. The van der Waals surface area contributed by atoms with Gasteiger partial charge in [-0.1, -0.05) is 0 Å². The van der Waals surface area contributed by atoms with Crippen molar-refractivity contribution in [2.45, 2.75) is 23.0 Å². The number of anilines is 2. The van der Waals surface area contributed by atoms with Gasteiger partial charge in [-0.3, -0.25) is 10.1 Å². The minimum atomic E-state index is -3.70. The van der Waals surface area contributed by atoms with E-state index in [2.05, 4.69) is 20.5 Å². The highest BCUT2D eigenvalue weighted by atomic mass is 32.2.